The Kier molecular flexibility index (Phi) is 6.40. The lowest BCUT2D eigenvalue weighted by Crippen LogP contribution is -2.43. The van der Waals surface area contributed by atoms with Crippen molar-refractivity contribution in [3.63, 3.8) is 0 Å². The van der Waals surface area contributed by atoms with Crippen molar-refractivity contribution in [3.8, 4) is 0 Å². The van der Waals surface area contributed by atoms with Crippen molar-refractivity contribution >= 4 is 28.2 Å². The lowest BCUT2D eigenvalue weighted by atomic mass is 9.85. The van der Waals surface area contributed by atoms with Gasteiger partial charge < -0.3 is 11.1 Å². The lowest BCUT2D eigenvalue weighted by Gasteiger charge is -2.25. The van der Waals surface area contributed by atoms with Crippen LogP contribution in [0, 0.1) is 5.41 Å². The first kappa shape index (κ1) is 18.9. The van der Waals surface area contributed by atoms with Crippen molar-refractivity contribution in [2.45, 2.75) is 37.1 Å². The Balaban J connectivity index is 0.00000242. The molecule has 1 aromatic carbocycles. The number of carbonyl (C=O) groups excluding carboxylic acids is 1. The summed E-state index contributed by atoms with van der Waals surface area (Å²) in [6, 6.07) is 6.57. The van der Waals surface area contributed by atoms with Gasteiger partial charge in [0.15, 0.2) is 9.84 Å². The third-order valence-corrected chi connectivity index (χ3v) is 5.37. The Hall–Kier alpha value is -1.11. The molecular formula is C15H23ClN2O3S. The molecular weight excluding hydrogens is 324 g/mol. The maximum atomic E-state index is 12.3. The highest BCUT2D eigenvalue weighted by Crippen LogP contribution is 2.37. The lowest BCUT2D eigenvalue weighted by molar-refractivity contribution is -0.130. The van der Waals surface area contributed by atoms with Gasteiger partial charge >= 0.3 is 0 Å². The molecule has 5 nitrogen and oxygen atoms in total. The summed E-state index contributed by atoms with van der Waals surface area (Å²) in [5, 5.41) is 2.92. The van der Waals surface area contributed by atoms with E-state index in [4.69, 9.17) is 5.73 Å². The van der Waals surface area contributed by atoms with Crippen molar-refractivity contribution in [1.82, 2.24) is 5.32 Å². The van der Waals surface area contributed by atoms with E-state index in [1.54, 1.807) is 24.3 Å². The molecule has 0 bridgehead atoms. The summed E-state index contributed by atoms with van der Waals surface area (Å²) in [5.41, 5.74) is 6.24. The molecule has 0 spiro atoms. The number of sulfone groups is 1. The molecule has 1 amide bonds. The predicted molar refractivity (Wildman–Crippen MR) is 88.6 cm³/mol. The summed E-state index contributed by atoms with van der Waals surface area (Å²) in [5.74, 6) is 0.00897. The van der Waals surface area contributed by atoms with Gasteiger partial charge in [0.1, 0.15) is 0 Å². The minimum Gasteiger partial charge on any atom is -0.352 e. The fourth-order valence-electron chi connectivity index (χ4n) is 2.80. The molecule has 3 N–H and O–H groups in total. The second kappa shape index (κ2) is 7.44. The summed E-state index contributed by atoms with van der Waals surface area (Å²) in [6.45, 7) is 0.774. The average molecular weight is 347 g/mol. The standard InChI is InChI=1S/C15H22N2O3S.ClH/c1-21(19,20)13-6-4-12(5-7-13)10-17-14(18)15(11-16)8-2-3-9-15;/h4-7H,2-3,8-11,16H2,1H3,(H,17,18);1H. The Morgan fingerprint density at radius 1 is 1.23 bits per heavy atom. The van der Waals surface area contributed by atoms with Crippen LogP contribution in [0.1, 0.15) is 31.2 Å². The first-order chi connectivity index (χ1) is 9.87. The van der Waals surface area contributed by atoms with E-state index >= 15 is 0 Å². The van der Waals surface area contributed by atoms with Crippen LogP contribution >= 0.6 is 12.4 Å². The molecule has 0 radical (unpaired) electrons. The van der Waals surface area contributed by atoms with Crippen molar-refractivity contribution in [2.75, 3.05) is 12.8 Å². The van der Waals surface area contributed by atoms with Gasteiger partial charge in [0, 0.05) is 19.3 Å². The first-order valence-electron chi connectivity index (χ1n) is 7.15. The highest BCUT2D eigenvalue weighted by atomic mass is 35.5. The van der Waals surface area contributed by atoms with Crippen LogP contribution in [0.15, 0.2) is 29.2 Å². The third-order valence-electron chi connectivity index (χ3n) is 4.24. The van der Waals surface area contributed by atoms with Gasteiger partial charge in [0.05, 0.1) is 10.3 Å². The van der Waals surface area contributed by atoms with Gasteiger partial charge in [-0.2, -0.15) is 0 Å². The molecule has 1 aromatic rings. The van der Waals surface area contributed by atoms with Gasteiger partial charge in [-0.05, 0) is 30.5 Å². The molecule has 1 aliphatic carbocycles. The number of carbonyl (C=O) groups is 1. The van der Waals surface area contributed by atoms with Crippen molar-refractivity contribution in [1.29, 1.82) is 0 Å². The minimum absolute atomic E-state index is 0. The minimum atomic E-state index is -3.18. The normalized spacial score (nSPS) is 16.8. The Bertz CT molecular complexity index is 608. The number of hydrogen-bond donors (Lipinski definition) is 2. The summed E-state index contributed by atoms with van der Waals surface area (Å²) in [4.78, 5) is 12.6. The number of amides is 1. The Morgan fingerprint density at radius 2 is 1.77 bits per heavy atom. The van der Waals surface area contributed by atoms with Crippen LogP contribution in [0.4, 0.5) is 0 Å². The van der Waals surface area contributed by atoms with Crippen molar-refractivity contribution in [3.05, 3.63) is 29.8 Å². The summed E-state index contributed by atoms with van der Waals surface area (Å²) >= 11 is 0. The highest BCUT2D eigenvalue weighted by molar-refractivity contribution is 7.90. The third kappa shape index (κ3) is 4.21. The Morgan fingerprint density at radius 3 is 2.23 bits per heavy atom. The van der Waals surface area contributed by atoms with Crippen molar-refractivity contribution < 1.29 is 13.2 Å². The molecule has 1 fully saturated rings. The number of nitrogens with one attached hydrogen (secondary N) is 1. The number of rotatable bonds is 5. The number of hydrogen-bond acceptors (Lipinski definition) is 4. The maximum absolute atomic E-state index is 12.3. The van der Waals surface area contributed by atoms with Crippen LogP contribution in [-0.4, -0.2) is 27.1 Å². The zero-order valence-electron chi connectivity index (χ0n) is 12.7. The van der Waals surface area contributed by atoms with Gasteiger partial charge in [0.2, 0.25) is 5.91 Å². The van der Waals surface area contributed by atoms with E-state index < -0.39 is 15.3 Å². The summed E-state index contributed by atoms with van der Waals surface area (Å²) < 4.78 is 22.8. The molecule has 2 rings (SSSR count). The van der Waals surface area contributed by atoms with E-state index in [1.165, 1.54) is 6.26 Å². The Labute approximate surface area is 138 Å². The maximum Gasteiger partial charge on any atom is 0.227 e. The molecule has 0 atom stereocenters. The van der Waals surface area contributed by atoms with E-state index in [0.29, 0.717) is 13.1 Å². The van der Waals surface area contributed by atoms with Crippen LogP contribution in [0.25, 0.3) is 0 Å². The van der Waals surface area contributed by atoms with Crippen LogP contribution < -0.4 is 11.1 Å². The van der Waals surface area contributed by atoms with E-state index in [9.17, 15) is 13.2 Å². The smallest absolute Gasteiger partial charge is 0.227 e. The molecule has 0 heterocycles. The quantitative estimate of drug-likeness (QED) is 0.848. The molecule has 0 aromatic heterocycles. The molecule has 1 aliphatic rings. The number of benzene rings is 1. The fourth-order valence-corrected chi connectivity index (χ4v) is 3.43. The molecule has 0 aliphatic heterocycles. The molecule has 7 heteroatoms. The fraction of sp³-hybridized carbons (Fsp3) is 0.533. The van der Waals surface area contributed by atoms with Crippen molar-refractivity contribution in [2.24, 2.45) is 11.1 Å². The molecule has 22 heavy (non-hydrogen) atoms. The van der Waals surface area contributed by atoms with Gasteiger partial charge in [-0.3, -0.25) is 4.79 Å². The summed E-state index contributed by atoms with van der Waals surface area (Å²) in [6.07, 6.45) is 4.97. The van der Waals surface area contributed by atoms with Crippen LogP contribution in [0.2, 0.25) is 0 Å². The second-order valence-electron chi connectivity index (χ2n) is 5.79. The zero-order valence-corrected chi connectivity index (χ0v) is 14.3. The van der Waals surface area contributed by atoms with Gasteiger partial charge in [0.25, 0.3) is 0 Å². The molecule has 0 saturated heterocycles. The van der Waals surface area contributed by atoms with Crippen LogP contribution in [-0.2, 0) is 21.2 Å². The second-order valence-corrected chi connectivity index (χ2v) is 7.81. The number of halogens is 1. The monoisotopic (exact) mass is 346 g/mol. The van der Waals surface area contributed by atoms with E-state index in [0.717, 1.165) is 31.2 Å². The predicted octanol–water partition coefficient (Wildman–Crippen LogP) is 1.65. The summed E-state index contributed by atoms with van der Waals surface area (Å²) in [7, 11) is -3.18. The van der Waals surface area contributed by atoms with Gasteiger partial charge in [-0.1, -0.05) is 25.0 Å². The van der Waals surface area contributed by atoms with E-state index in [-0.39, 0.29) is 23.2 Å². The van der Waals surface area contributed by atoms with Crippen LogP contribution in [0.5, 0.6) is 0 Å². The van der Waals surface area contributed by atoms with E-state index in [1.807, 2.05) is 0 Å². The molecule has 1 saturated carbocycles. The molecule has 124 valence electrons. The average Bonchev–Trinajstić information content (AvgIpc) is 2.94. The molecule has 0 unspecified atom stereocenters. The zero-order chi connectivity index (χ0) is 15.5. The SMILES string of the molecule is CS(=O)(=O)c1ccc(CNC(=O)C2(CN)CCCC2)cc1.Cl. The first-order valence-corrected chi connectivity index (χ1v) is 9.04. The van der Waals surface area contributed by atoms with Gasteiger partial charge in [-0.15, -0.1) is 12.4 Å². The van der Waals surface area contributed by atoms with E-state index in [2.05, 4.69) is 5.32 Å². The largest absolute Gasteiger partial charge is 0.352 e. The number of nitrogens with two attached hydrogens (primary N) is 1. The van der Waals surface area contributed by atoms with Crippen LogP contribution in [0.3, 0.4) is 0 Å². The van der Waals surface area contributed by atoms with Gasteiger partial charge in [-0.25, -0.2) is 8.42 Å². The highest BCUT2D eigenvalue weighted by Gasteiger charge is 2.39. The topological polar surface area (TPSA) is 89.3 Å².